The van der Waals surface area contributed by atoms with Gasteiger partial charge < -0.3 is 19.9 Å². The molecule has 0 spiro atoms. The molecule has 2 N–H and O–H groups in total. The molecular weight excluding hydrogens is 451 g/mol. The minimum Gasteiger partial charge on any atom is -0.494 e. The number of benzene rings is 2. The maximum atomic E-state index is 13.2. The van der Waals surface area contributed by atoms with E-state index in [1.165, 1.54) is 0 Å². The molecule has 1 aliphatic rings. The summed E-state index contributed by atoms with van der Waals surface area (Å²) in [6.07, 6.45) is 2.08. The van der Waals surface area contributed by atoms with Gasteiger partial charge in [0.25, 0.3) is 5.91 Å². The third kappa shape index (κ3) is 5.44. The van der Waals surface area contributed by atoms with Crippen LogP contribution in [-0.2, 0) is 16.1 Å². The smallest absolute Gasteiger partial charge is 0.252 e. The maximum absolute atomic E-state index is 13.2. The molecule has 0 saturated heterocycles. The number of ether oxygens (including phenoxy) is 2. The number of nitrogens with one attached hydrogen (secondary N) is 1. The Hall–Kier alpha value is -2.54. The summed E-state index contributed by atoms with van der Waals surface area (Å²) in [5, 5.41) is 12.7. The number of carbonyl (C=O) groups is 1. The van der Waals surface area contributed by atoms with Gasteiger partial charge in [-0.2, -0.15) is 0 Å². The van der Waals surface area contributed by atoms with Crippen molar-refractivity contribution in [3.63, 3.8) is 0 Å². The second-order valence-corrected chi connectivity index (χ2v) is 8.29. The summed E-state index contributed by atoms with van der Waals surface area (Å²) < 4.78 is 11.5. The van der Waals surface area contributed by atoms with E-state index in [0.29, 0.717) is 41.1 Å². The number of hydrogen-bond donors (Lipinski definition) is 2. The molecule has 1 aliphatic heterocycles. The second-order valence-electron chi connectivity index (χ2n) is 7.48. The molecule has 1 heterocycles. The highest BCUT2D eigenvalue weighted by atomic mass is 35.5. The van der Waals surface area contributed by atoms with Crippen LogP contribution >= 0.6 is 23.2 Å². The van der Waals surface area contributed by atoms with Crippen LogP contribution in [0, 0.1) is 0 Å². The van der Waals surface area contributed by atoms with Gasteiger partial charge in [-0.1, -0.05) is 35.3 Å². The zero-order valence-corrected chi connectivity index (χ0v) is 19.3. The molecule has 2 aromatic carbocycles. The fraction of sp³-hybridized carbons (Fsp3) is 0.333. The summed E-state index contributed by atoms with van der Waals surface area (Å²) in [5.41, 5.74) is 0.451. The van der Waals surface area contributed by atoms with Crippen LogP contribution in [0.2, 0.25) is 10.0 Å². The van der Waals surface area contributed by atoms with E-state index < -0.39 is 11.6 Å². The molecule has 0 saturated carbocycles. The zero-order chi connectivity index (χ0) is 23.1. The Morgan fingerprint density at radius 1 is 1.28 bits per heavy atom. The molecule has 6 nitrogen and oxygen atoms in total. The average Bonchev–Trinajstić information content (AvgIpc) is 3.12. The Balaban J connectivity index is 1.76. The van der Waals surface area contributed by atoms with Gasteiger partial charge in [-0.05, 0) is 48.9 Å². The van der Waals surface area contributed by atoms with Crippen molar-refractivity contribution < 1.29 is 19.4 Å². The first kappa shape index (κ1) is 24.1. The van der Waals surface area contributed by atoms with Crippen molar-refractivity contribution in [3.05, 3.63) is 76.3 Å². The van der Waals surface area contributed by atoms with Gasteiger partial charge in [0.1, 0.15) is 11.9 Å². The number of aliphatic hydroxyl groups excluding tert-OH is 1. The molecule has 0 unspecified atom stereocenters. The first-order valence-electron chi connectivity index (χ1n) is 10.3. The van der Waals surface area contributed by atoms with Crippen molar-refractivity contribution >= 4 is 35.0 Å². The highest BCUT2D eigenvalue weighted by molar-refractivity contribution is 6.42. The number of carbonyl (C=O) groups excluding carboxylic acids is 1. The van der Waals surface area contributed by atoms with Gasteiger partial charge in [0.05, 0.1) is 16.7 Å². The lowest BCUT2D eigenvalue weighted by Gasteiger charge is -2.26. The minimum atomic E-state index is -1.12. The molecular formula is C24H26Cl2N2O4. The van der Waals surface area contributed by atoms with Crippen LogP contribution in [0.25, 0.3) is 0 Å². The zero-order valence-electron chi connectivity index (χ0n) is 17.8. The summed E-state index contributed by atoms with van der Waals surface area (Å²) >= 11 is 12.0. The molecule has 32 heavy (non-hydrogen) atoms. The number of aliphatic hydroxyl groups is 1. The van der Waals surface area contributed by atoms with Crippen LogP contribution in [0.4, 0.5) is 0 Å². The standard InChI is InChI=1S/C24H26Cl2N2O4/c1-3-11-24(23(30)27-15-17-5-10-20(25)21(26)14-17)16(2)32-22(28-24)18-6-8-19(9-7-18)31-13-4-12-29/h3,5-10,14,16,29H,1,4,11-13,15H2,2H3,(H,27,30)/t16-,24-/m1/s1. The van der Waals surface area contributed by atoms with E-state index in [0.717, 1.165) is 11.1 Å². The first-order valence-corrected chi connectivity index (χ1v) is 11.1. The SMILES string of the molecule is C=CC[C@@]1(C(=O)NCc2ccc(Cl)c(Cl)c2)N=C(c2ccc(OCCCO)cc2)O[C@@H]1C. The van der Waals surface area contributed by atoms with Crippen LogP contribution in [0.5, 0.6) is 5.75 Å². The van der Waals surface area contributed by atoms with E-state index in [-0.39, 0.29) is 19.1 Å². The molecule has 2 atom stereocenters. The Kier molecular flexibility index (Phi) is 8.18. The number of hydrogen-bond acceptors (Lipinski definition) is 5. The van der Waals surface area contributed by atoms with Crippen molar-refractivity contribution in [2.75, 3.05) is 13.2 Å². The largest absolute Gasteiger partial charge is 0.494 e. The Labute approximate surface area is 197 Å². The molecule has 0 aromatic heterocycles. The van der Waals surface area contributed by atoms with Crippen LogP contribution < -0.4 is 10.1 Å². The summed E-state index contributed by atoms with van der Waals surface area (Å²) in [5.74, 6) is 0.825. The molecule has 0 aliphatic carbocycles. The van der Waals surface area contributed by atoms with Gasteiger partial charge in [0.15, 0.2) is 5.54 Å². The monoisotopic (exact) mass is 476 g/mol. The molecule has 1 amide bonds. The van der Waals surface area contributed by atoms with Gasteiger partial charge in [-0.15, -0.1) is 6.58 Å². The van der Waals surface area contributed by atoms with Gasteiger partial charge in [0.2, 0.25) is 5.90 Å². The first-order chi connectivity index (χ1) is 15.4. The van der Waals surface area contributed by atoms with Crippen molar-refractivity contribution in [1.29, 1.82) is 0 Å². The van der Waals surface area contributed by atoms with Gasteiger partial charge in [-0.25, -0.2) is 4.99 Å². The maximum Gasteiger partial charge on any atom is 0.252 e. The molecule has 2 aromatic rings. The Morgan fingerprint density at radius 3 is 2.69 bits per heavy atom. The summed E-state index contributed by atoms with van der Waals surface area (Å²) in [7, 11) is 0. The van der Waals surface area contributed by atoms with Crippen LogP contribution in [-0.4, -0.2) is 41.8 Å². The van der Waals surface area contributed by atoms with Crippen molar-refractivity contribution in [1.82, 2.24) is 5.32 Å². The number of amides is 1. The molecule has 0 radical (unpaired) electrons. The van der Waals surface area contributed by atoms with E-state index in [1.54, 1.807) is 30.3 Å². The number of aliphatic imine (C=N–C) groups is 1. The lowest BCUT2D eigenvalue weighted by Crippen LogP contribution is -2.50. The van der Waals surface area contributed by atoms with Crippen molar-refractivity contribution in [2.24, 2.45) is 4.99 Å². The third-order valence-corrected chi connectivity index (χ3v) is 5.96. The summed E-state index contributed by atoms with van der Waals surface area (Å²) in [6, 6.07) is 12.5. The van der Waals surface area contributed by atoms with Crippen LogP contribution in [0.15, 0.2) is 60.1 Å². The van der Waals surface area contributed by atoms with E-state index >= 15 is 0 Å². The minimum absolute atomic E-state index is 0.0825. The lowest BCUT2D eigenvalue weighted by molar-refractivity contribution is -0.128. The molecule has 170 valence electrons. The lowest BCUT2D eigenvalue weighted by atomic mass is 9.89. The molecule has 0 fully saturated rings. The second kappa shape index (κ2) is 10.9. The van der Waals surface area contributed by atoms with Gasteiger partial charge >= 0.3 is 0 Å². The van der Waals surface area contributed by atoms with Gasteiger partial charge in [-0.3, -0.25) is 4.79 Å². The number of halogens is 2. The fourth-order valence-electron chi connectivity index (χ4n) is 3.39. The predicted molar refractivity (Wildman–Crippen MR) is 127 cm³/mol. The summed E-state index contributed by atoms with van der Waals surface area (Å²) in [6.45, 7) is 6.43. The van der Waals surface area contributed by atoms with E-state index in [2.05, 4.69) is 11.9 Å². The predicted octanol–water partition coefficient (Wildman–Crippen LogP) is 4.55. The van der Waals surface area contributed by atoms with Crippen molar-refractivity contribution in [3.8, 4) is 5.75 Å². The van der Waals surface area contributed by atoms with Crippen molar-refractivity contribution in [2.45, 2.75) is 38.0 Å². The highest BCUT2D eigenvalue weighted by Crippen LogP contribution is 2.33. The van der Waals surface area contributed by atoms with E-state index in [9.17, 15) is 4.79 Å². The average molecular weight is 477 g/mol. The molecule has 0 bridgehead atoms. The van der Waals surface area contributed by atoms with E-state index in [4.69, 9.17) is 42.8 Å². The Bertz CT molecular complexity index is 994. The van der Waals surface area contributed by atoms with E-state index in [1.807, 2.05) is 25.1 Å². The number of nitrogens with zero attached hydrogens (tertiary/aromatic N) is 1. The third-order valence-electron chi connectivity index (χ3n) is 5.22. The van der Waals surface area contributed by atoms with Gasteiger partial charge in [0, 0.05) is 31.6 Å². The van der Waals surface area contributed by atoms with Crippen LogP contribution in [0.3, 0.4) is 0 Å². The quantitative estimate of drug-likeness (QED) is 0.389. The van der Waals surface area contributed by atoms with Crippen LogP contribution in [0.1, 0.15) is 30.9 Å². The molecule has 3 rings (SSSR count). The topological polar surface area (TPSA) is 80.2 Å². The normalized spacial score (nSPS) is 19.8. The Morgan fingerprint density at radius 2 is 2.03 bits per heavy atom. The highest BCUT2D eigenvalue weighted by Gasteiger charge is 2.49. The number of rotatable bonds is 10. The summed E-state index contributed by atoms with van der Waals surface area (Å²) in [4.78, 5) is 17.9. The molecule has 8 heteroatoms. The fourth-order valence-corrected chi connectivity index (χ4v) is 3.71.